The maximum Gasteiger partial charge on any atom is 0.343 e. The SMILES string of the molecule is CCOC(=O)c1cnc(S[C@H]2CCCCC2=O)nc1N. The molecular weight excluding hydrogens is 278 g/mol. The summed E-state index contributed by atoms with van der Waals surface area (Å²) in [6.45, 7) is 1.99. The molecule has 2 rings (SSSR count). The van der Waals surface area contributed by atoms with Gasteiger partial charge in [-0.05, 0) is 19.8 Å². The van der Waals surface area contributed by atoms with Gasteiger partial charge in [0.1, 0.15) is 17.2 Å². The molecule has 0 aliphatic heterocycles. The molecule has 108 valence electrons. The molecule has 0 aromatic carbocycles. The van der Waals surface area contributed by atoms with Crippen LogP contribution in [0.4, 0.5) is 5.82 Å². The van der Waals surface area contributed by atoms with Crippen LogP contribution in [0.25, 0.3) is 0 Å². The molecule has 1 heterocycles. The molecular formula is C13H17N3O3S. The van der Waals surface area contributed by atoms with Crippen molar-refractivity contribution in [2.75, 3.05) is 12.3 Å². The lowest BCUT2D eigenvalue weighted by Gasteiger charge is -2.18. The van der Waals surface area contributed by atoms with Gasteiger partial charge in [-0.3, -0.25) is 4.79 Å². The number of nitrogens with two attached hydrogens (primary N) is 1. The number of esters is 1. The van der Waals surface area contributed by atoms with Gasteiger partial charge < -0.3 is 10.5 Å². The quantitative estimate of drug-likeness (QED) is 0.668. The fourth-order valence-electron chi connectivity index (χ4n) is 2.00. The van der Waals surface area contributed by atoms with Crippen molar-refractivity contribution >= 4 is 29.3 Å². The average Bonchev–Trinajstić information content (AvgIpc) is 2.42. The zero-order valence-corrected chi connectivity index (χ0v) is 12.1. The lowest BCUT2D eigenvalue weighted by Crippen LogP contribution is -2.21. The van der Waals surface area contributed by atoms with E-state index in [-0.39, 0.29) is 29.0 Å². The monoisotopic (exact) mass is 295 g/mol. The van der Waals surface area contributed by atoms with Gasteiger partial charge in [-0.2, -0.15) is 0 Å². The van der Waals surface area contributed by atoms with E-state index in [4.69, 9.17) is 10.5 Å². The van der Waals surface area contributed by atoms with Crippen LogP contribution in [0.3, 0.4) is 0 Å². The molecule has 0 saturated heterocycles. The fourth-order valence-corrected chi connectivity index (χ4v) is 3.06. The van der Waals surface area contributed by atoms with Gasteiger partial charge in [-0.15, -0.1) is 0 Å². The Balaban J connectivity index is 2.08. The number of nitrogen functional groups attached to an aromatic ring is 1. The molecule has 0 amide bonds. The van der Waals surface area contributed by atoms with E-state index in [9.17, 15) is 9.59 Å². The minimum atomic E-state index is -0.532. The number of hydrogen-bond donors (Lipinski definition) is 1. The van der Waals surface area contributed by atoms with Crippen LogP contribution in [0, 0.1) is 0 Å². The Kier molecular flexibility index (Phi) is 4.94. The van der Waals surface area contributed by atoms with E-state index < -0.39 is 5.97 Å². The van der Waals surface area contributed by atoms with Crippen LogP contribution >= 0.6 is 11.8 Å². The van der Waals surface area contributed by atoms with Crippen LogP contribution in [0.15, 0.2) is 11.4 Å². The summed E-state index contributed by atoms with van der Waals surface area (Å²) in [7, 11) is 0. The average molecular weight is 295 g/mol. The van der Waals surface area contributed by atoms with E-state index in [0.29, 0.717) is 11.6 Å². The number of nitrogens with zero attached hydrogens (tertiary/aromatic N) is 2. The van der Waals surface area contributed by atoms with Gasteiger partial charge in [0.25, 0.3) is 0 Å². The van der Waals surface area contributed by atoms with E-state index in [1.165, 1.54) is 18.0 Å². The largest absolute Gasteiger partial charge is 0.462 e. The molecule has 0 radical (unpaired) electrons. The highest BCUT2D eigenvalue weighted by Crippen LogP contribution is 2.30. The molecule has 1 aromatic rings. The summed E-state index contributed by atoms with van der Waals surface area (Å²) < 4.78 is 4.86. The van der Waals surface area contributed by atoms with Crippen molar-refractivity contribution in [1.29, 1.82) is 0 Å². The predicted octanol–water partition coefficient (Wildman–Crippen LogP) is 1.84. The topological polar surface area (TPSA) is 95.2 Å². The van der Waals surface area contributed by atoms with E-state index in [1.807, 2.05) is 0 Å². The molecule has 1 aliphatic carbocycles. The van der Waals surface area contributed by atoms with Crippen molar-refractivity contribution in [2.24, 2.45) is 0 Å². The van der Waals surface area contributed by atoms with Crippen LogP contribution < -0.4 is 5.73 Å². The Morgan fingerprint density at radius 1 is 1.55 bits per heavy atom. The van der Waals surface area contributed by atoms with Crippen molar-refractivity contribution in [2.45, 2.75) is 43.0 Å². The molecule has 0 bridgehead atoms. The van der Waals surface area contributed by atoms with Crippen LogP contribution in [0.2, 0.25) is 0 Å². The van der Waals surface area contributed by atoms with Gasteiger partial charge in [0, 0.05) is 12.6 Å². The number of anilines is 1. The summed E-state index contributed by atoms with van der Waals surface area (Å²) in [4.78, 5) is 31.5. The second kappa shape index (κ2) is 6.69. The zero-order valence-electron chi connectivity index (χ0n) is 11.3. The van der Waals surface area contributed by atoms with Crippen molar-refractivity contribution in [3.05, 3.63) is 11.8 Å². The van der Waals surface area contributed by atoms with Crippen molar-refractivity contribution < 1.29 is 14.3 Å². The number of ether oxygens (including phenoxy) is 1. The number of carbonyl (C=O) groups excluding carboxylic acids is 2. The molecule has 2 N–H and O–H groups in total. The summed E-state index contributed by atoms with van der Waals surface area (Å²) in [5, 5.41) is 0.326. The van der Waals surface area contributed by atoms with Crippen molar-refractivity contribution in [3.8, 4) is 0 Å². The smallest absolute Gasteiger partial charge is 0.343 e. The van der Waals surface area contributed by atoms with Crippen molar-refractivity contribution in [3.63, 3.8) is 0 Å². The van der Waals surface area contributed by atoms with E-state index >= 15 is 0 Å². The second-order valence-corrected chi connectivity index (χ2v) is 5.66. The summed E-state index contributed by atoms with van der Waals surface area (Å²) in [6, 6.07) is 0. The van der Waals surface area contributed by atoms with Crippen LogP contribution in [0.5, 0.6) is 0 Å². The molecule has 1 aliphatic rings. The molecule has 1 aromatic heterocycles. The normalized spacial score (nSPS) is 18.9. The third kappa shape index (κ3) is 3.47. The fraction of sp³-hybridized carbons (Fsp3) is 0.538. The minimum Gasteiger partial charge on any atom is -0.462 e. The summed E-state index contributed by atoms with van der Waals surface area (Å²) in [5.41, 5.74) is 5.90. The van der Waals surface area contributed by atoms with Gasteiger partial charge in [0.15, 0.2) is 5.16 Å². The van der Waals surface area contributed by atoms with E-state index in [2.05, 4.69) is 9.97 Å². The number of carbonyl (C=O) groups is 2. The predicted molar refractivity (Wildman–Crippen MR) is 75.5 cm³/mol. The molecule has 1 fully saturated rings. The Morgan fingerprint density at radius 2 is 2.35 bits per heavy atom. The third-order valence-corrected chi connectivity index (χ3v) is 4.23. The molecule has 20 heavy (non-hydrogen) atoms. The van der Waals surface area contributed by atoms with Crippen LogP contribution in [0.1, 0.15) is 43.0 Å². The first-order chi connectivity index (χ1) is 9.61. The molecule has 0 spiro atoms. The molecule has 0 unspecified atom stereocenters. The zero-order chi connectivity index (χ0) is 14.5. The Labute approximate surface area is 121 Å². The standard InChI is InChI=1S/C13H17N3O3S/c1-2-19-12(18)8-7-15-13(16-11(8)14)20-10-6-4-3-5-9(10)17/h7,10H,2-6H2,1H3,(H2,14,15,16)/t10-/m0/s1. The van der Waals surface area contributed by atoms with Gasteiger partial charge in [-0.25, -0.2) is 14.8 Å². The number of aromatic nitrogens is 2. The maximum absolute atomic E-state index is 11.8. The first-order valence-electron chi connectivity index (χ1n) is 6.60. The molecule has 1 atom stereocenters. The first kappa shape index (κ1) is 14.8. The number of thioether (sulfide) groups is 1. The summed E-state index contributed by atoms with van der Waals surface area (Å²) in [5.74, 6) is -0.211. The summed E-state index contributed by atoms with van der Waals surface area (Å²) in [6.07, 6.45) is 4.82. The number of Topliss-reactive ketones (excluding diaryl/α,β-unsaturated/α-hetero) is 1. The second-order valence-electron chi connectivity index (χ2n) is 4.49. The number of rotatable bonds is 4. The third-order valence-electron chi connectivity index (χ3n) is 3.04. The number of ketones is 1. The Hall–Kier alpha value is -1.63. The maximum atomic E-state index is 11.8. The summed E-state index contributed by atoms with van der Waals surface area (Å²) >= 11 is 1.32. The Morgan fingerprint density at radius 3 is 3.00 bits per heavy atom. The lowest BCUT2D eigenvalue weighted by molar-refractivity contribution is -0.119. The van der Waals surface area contributed by atoms with Crippen LogP contribution in [-0.4, -0.2) is 33.6 Å². The lowest BCUT2D eigenvalue weighted by atomic mass is 9.99. The van der Waals surface area contributed by atoms with Gasteiger partial charge in [0.05, 0.1) is 11.9 Å². The van der Waals surface area contributed by atoms with Crippen LogP contribution in [-0.2, 0) is 9.53 Å². The minimum absolute atomic E-state index is 0.0872. The molecule has 1 saturated carbocycles. The van der Waals surface area contributed by atoms with Gasteiger partial charge in [0.2, 0.25) is 0 Å². The highest BCUT2D eigenvalue weighted by molar-refractivity contribution is 8.00. The molecule has 6 nitrogen and oxygen atoms in total. The highest BCUT2D eigenvalue weighted by Gasteiger charge is 2.24. The number of hydrogen-bond acceptors (Lipinski definition) is 7. The van der Waals surface area contributed by atoms with Gasteiger partial charge >= 0.3 is 5.97 Å². The van der Waals surface area contributed by atoms with E-state index in [1.54, 1.807) is 6.92 Å². The first-order valence-corrected chi connectivity index (χ1v) is 7.48. The van der Waals surface area contributed by atoms with E-state index in [0.717, 1.165) is 19.3 Å². The Bertz CT molecular complexity index is 522. The van der Waals surface area contributed by atoms with Crippen molar-refractivity contribution in [1.82, 2.24) is 9.97 Å². The van der Waals surface area contributed by atoms with Gasteiger partial charge in [-0.1, -0.05) is 18.2 Å². The molecule has 7 heteroatoms. The highest BCUT2D eigenvalue weighted by atomic mass is 32.2.